The van der Waals surface area contributed by atoms with Crippen LogP contribution in [0.15, 0.2) is 35.5 Å². The first-order valence-corrected chi connectivity index (χ1v) is 40.6. The summed E-state index contributed by atoms with van der Waals surface area (Å²) in [5.74, 6) is -18.8. The molecule has 120 heavy (non-hydrogen) atoms. The highest BCUT2D eigenvalue weighted by Gasteiger charge is 2.40. The Morgan fingerprint density at radius 2 is 0.825 bits per heavy atom. The van der Waals surface area contributed by atoms with Gasteiger partial charge in [-0.3, -0.25) is 91.3 Å². The minimum atomic E-state index is -1.75. The van der Waals surface area contributed by atoms with Gasteiger partial charge in [-0.2, -0.15) is 0 Å². The zero-order chi connectivity index (χ0) is 91.0. The Morgan fingerprint density at radius 1 is 0.425 bits per heavy atom. The molecule has 0 aliphatic carbocycles. The fraction of sp³-hybridized carbons (Fsp3) is 0.654. The van der Waals surface area contributed by atoms with E-state index in [1.165, 1.54) is 13.8 Å². The van der Waals surface area contributed by atoms with Crippen LogP contribution in [0, 0.1) is 29.6 Å². The second-order valence-electron chi connectivity index (χ2n) is 31.4. The van der Waals surface area contributed by atoms with Crippen LogP contribution in [0.2, 0.25) is 0 Å². The van der Waals surface area contributed by atoms with Gasteiger partial charge < -0.3 is 125 Å². The molecule has 0 aliphatic rings. The molecule has 42 heteroatoms. The maximum atomic E-state index is 14.6. The monoisotopic (exact) mass is 1690 g/mol. The lowest BCUT2D eigenvalue weighted by Gasteiger charge is -2.30. The molecule has 0 fully saturated rings. The maximum absolute atomic E-state index is 14.6. The summed E-state index contributed by atoms with van der Waals surface area (Å²) in [5, 5.41) is 47.3. The minimum Gasteiger partial charge on any atom is -0.391 e. The molecule has 1 heterocycles. The lowest BCUT2D eigenvalue weighted by Crippen LogP contribution is -2.62. The SMILES string of the molecule is CC[C@H](C)[C@H](NC(=O)[C@H](CCCN=C(N)N)NC(=O)[C@H](C)NC(=O)[C@H](CCC(N)=O)NC(=O)[C@H](CC(C)C)NC(=O)[C@H](CCC(N)=O)NC(=O)[C@H](CCCCN)NC(=O)[C@@H](NC(=O)CNC(=O)[C@H](Cc1c[nH]c2ccccc12)NC(=O)[C@@H](NC(=O)[C@@H](NC(=O)[C@H](CC(C)C)NC(=O)[C@H](CCC(N)=O)NC(C)=O)[C@@H](C)O)C(C)C)[C@@H](C)CC)C(N)=O. The molecule has 1 aromatic heterocycles. The molecular weight excluding hydrogens is 1560 g/mol. The van der Waals surface area contributed by atoms with Gasteiger partial charge in [-0.25, -0.2) is 0 Å². The number of rotatable bonds is 57. The molecular formula is C78H131N23O19. The number of carbonyl (C=O) groups is 18. The van der Waals surface area contributed by atoms with E-state index in [1.807, 2.05) is 0 Å². The average molecular weight is 1700 g/mol. The molecule has 0 unspecified atom stereocenters. The molecule has 18 amide bonds. The third-order valence-corrected chi connectivity index (χ3v) is 19.7. The number of amides is 18. The number of aliphatic hydroxyl groups is 1. The van der Waals surface area contributed by atoms with Crippen LogP contribution in [-0.4, -0.2) is 227 Å². The van der Waals surface area contributed by atoms with Crippen LogP contribution in [0.4, 0.5) is 0 Å². The van der Waals surface area contributed by atoms with Gasteiger partial charge in [-0.05, 0) is 126 Å². The van der Waals surface area contributed by atoms with Crippen LogP contribution in [-0.2, 0) is 92.7 Å². The van der Waals surface area contributed by atoms with Crippen molar-refractivity contribution in [2.45, 2.75) is 277 Å². The number of para-hydroxylation sites is 1. The van der Waals surface area contributed by atoms with Crippen molar-refractivity contribution in [3.05, 3.63) is 36.0 Å². The Labute approximate surface area is 699 Å². The molecule has 0 spiro atoms. The van der Waals surface area contributed by atoms with E-state index in [0.717, 1.165) is 6.92 Å². The van der Waals surface area contributed by atoms with Gasteiger partial charge in [-0.1, -0.05) is 100 Å². The summed E-state index contributed by atoms with van der Waals surface area (Å²) >= 11 is 0. The van der Waals surface area contributed by atoms with Crippen LogP contribution in [0.25, 0.3) is 10.9 Å². The largest absolute Gasteiger partial charge is 0.391 e. The van der Waals surface area contributed by atoms with Crippen LogP contribution in [0.5, 0.6) is 0 Å². The zero-order valence-electron chi connectivity index (χ0n) is 71.1. The fourth-order valence-corrected chi connectivity index (χ4v) is 12.5. The predicted octanol–water partition coefficient (Wildman–Crippen LogP) is -5.15. The van der Waals surface area contributed by atoms with E-state index >= 15 is 0 Å². The number of guanidine groups is 1. The predicted molar refractivity (Wildman–Crippen MR) is 443 cm³/mol. The Morgan fingerprint density at radius 3 is 1.29 bits per heavy atom. The van der Waals surface area contributed by atoms with E-state index in [0.29, 0.717) is 29.3 Å². The molecule has 672 valence electrons. The molecule has 30 N–H and O–H groups in total. The molecule has 0 bridgehead atoms. The number of unbranched alkanes of at least 4 members (excludes halogenated alkanes) is 1. The number of aliphatic imine (C=N–C) groups is 1. The Bertz CT molecular complexity index is 3870. The summed E-state index contributed by atoms with van der Waals surface area (Å²) in [6.07, 6.45) is -1.42. The number of nitrogens with one attached hydrogen (secondary N) is 15. The van der Waals surface area contributed by atoms with E-state index < -0.39 is 241 Å². The maximum Gasteiger partial charge on any atom is 0.245 e. The Hall–Kier alpha value is -11.6. The van der Waals surface area contributed by atoms with Gasteiger partial charge in [0.25, 0.3) is 0 Å². The highest BCUT2D eigenvalue weighted by Crippen LogP contribution is 2.21. The van der Waals surface area contributed by atoms with Crippen molar-refractivity contribution in [1.82, 2.24) is 79.4 Å². The van der Waals surface area contributed by atoms with E-state index in [1.54, 1.807) is 99.7 Å². The standard InChI is InChI=1S/C78H131N23O19/c1-14-41(9)62(65(83)108)100-72(115)50(24-20-32-86-78(84)85)91-66(109)43(11)89-68(111)52(26-29-58(81)105)93-73(116)54(33-38(3)4)95-71(114)53(27-30-59(82)106)92-69(112)49(23-18-19-31-79)94-76(119)63(42(10)15-2)98-60(107)37-88-67(110)56(35-46-36-87-48-22-17-16-21-47(46)48)97-75(118)61(40(7)8)99-77(120)64(44(12)102)101-74(117)55(34-39(5)6)96-70(113)51(90-45(13)103)25-28-57(80)104/h16-17,21-22,36,38-44,49-56,61-64,87,102H,14-15,18-20,23-35,37,79H2,1-13H3,(H2,80,104)(H2,81,105)(H2,82,106)(H2,83,108)(H,88,110)(H,89,111)(H,90,103)(H,91,109)(H,92,112)(H,93,116)(H,94,119)(H,95,114)(H,96,113)(H,97,118)(H,98,107)(H,99,120)(H,100,115)(H,101,117)(H4,84,85,86)/t41-,42-,43-,44+,49-,50-,51-,52-,53-,54-,55-,56-,61-,62-,63-,64-/m0/s1. The molecule has 1 aromatic carbocycles. The lowest BCUT2D eigenvalue weighted by atomic mass is 9.97. The van der Waals surface area contributed by atoms with Crippen molar-refractivity contribution in [3.8, 4) is 0 Å². The summed E-state index contributed by atoms with van der Waals surface area (Å²) in [6, 6.07) is -11.8. The van der Waals surface area contributed by atoms with Crippen molar-refractivity contribution in [2.75, 3.05) is 19.6 Å². The van der Waals surface area contributed by atoms with Crippen molar-refractivity contribution in [1.29, 1.82) is 0 Å². The van der Waals surface area contributed by atoms with Crippen LogP contribution >= 0.6 is 0 Å². The topological polar surface area (TPSA) is 706 Å². The van der Waals surface area contributed by atoms with Gasteiger partial charge in [0.1, 0.15) is 78.5 Å². The van der Waals surface area contributed by atoms with Gasteiger partial charge in [0, 0.05) is 56.3 Å². The minimum absolute atomic E-state index is 0.00114. The first-order valence-electron chi connectivity index (χ1n) is 40.6. The number of primary amides is 4. The van der Waals surface area contributed by atoms with Crippen molar-refractivity contribution in [2.24, 2.45) is 74.7 Å². The molecule has 0 radical (unpaired) electrons. The van der Waals surface area contributed by atoms with E-state index in [-0.39, 0.29) is 95.1 Å². The summed E-state index contributed by atoms with van der Waals surface area (Å²) < 4.78 is 0. The van der Waals surface area contributed by atoms with E-state index in [2.05, 4.69) is 84.4 Å². The lowest BCUT2D eigenvalue weighted by molar-refractivity contribution is -0.137. The smallest absolute Gasteiger partial charge is 0.245 e. The molecule has 16 atom stereocenters. The number of hydrogen-bond donors (Lipinski definition) is 23. The molecule has 0 aliphatic heterocycles. The summed E-state index contributed by atoms with van der Waals surface area (Å²) in [5.41, 5.74) is 39.9. The van der Waals surface area contributed by atoms with Gasteiger partial charge in [0.15, 0.2) is 5.96 Å². The molecule has 2 rings (SSSR count). The quantitative estimate of drug-likeness (QED) is 0.0167. The first kappa shape index (κ1) is 104. The normalized spacial score (nSPS) is 15.2. The van der Waals surface area contributed by atoms with E-state index in [4.69, 9.17) is 40.1 Å². The van der Waals surface area contributed by atoms with Crippen LogP contribution in [0.3, 0.4) is 0 Å². The highest BCUT2D eigenvalue weighted by atomic mass is 16.3. The molecule has 0 saturated carbocycles. The number of nitrogens with two attached hydrogens (primary N) is 7. The molecule has 2 aromatic rings. The van der Waals surface area contributed by atoms with Crippen molar-refractivity contribution in [3.63, 3.8) is 0 Å². The number of aromatic amines is 1. The van der Waals surface area contributed by atoms with Gasteiger partial charge >= 0.3 is 0 Å². The van der Waals surface area contributed by atoms with Gasteiger partial charge in [0.2, 0.25) is 106 Å². The number of fused-ring (bicyclic) bond motifs is 1. The third kappa shape index (κ3) is 38.0. The number of benzene rings is 1. The number of carbonyl (C=O) groups excluding carboxylic acids is 18. The average Bonchev–Trinajstić information content (AvgIpc) is 1.63. The number of H-pyrrole nitrogens is 1. The number of aliphatic hydroxyl groups excluding tert-OH is 1. The molecule has 0 saturated heterocycles. The highest BCUT2D eigenvalue weighted by molar-refractivity contribution is 6.01. The summed E-state index contributed by atoms with van der Waals surface area (Å²) in [7, 11) is 0. The summed E-state index contributed by atoms with van der Waals surface area (Å²) in [6.45, 7) is 19.8. The fourth-order valence-electron chi connectivity index (χ4n) is 12.5. The third-order valence-electron chi connectivity index (χ3n) is 19.7. The van der Waals surface area contributed by atoms with Gasteiger partial charge in [-0.15, -0.1) is 0 Å². The molecule has 42 nitrogen and oxygen atoms in total. The Balaban J connectivity index is 2.50. The van der Waals surface area contributed by atoms with Crippen LogP contribution < -0.4 is 115 Å². The zero-order valence-corrected chi connectivity index (χ0v) is 71.1. The Kier molecular flexibility index (Phi) is 46.2. The van der Waals surface area contributed by atoms with Crippen molar-refractivity contribution >= 4 is 123 Å². The van der Waals surface area contributed by atoms with Crippen molar-refractivity contribution < 1.29 is 91.4 Å². The second kappa shape index (κ2) is 53.1. The number of nitrogens with zero attached hydrogens (tertiary/aromatic N) is 1. The number of aromatic nitrogens is 1. The van der Waals surface area contributed by atoms with Crippen LogP contribution in [0.1, 0.15) is 192 Å². The summed E-state index contributed by atoms with van der Waals surface area (Å²) in [4.78, 5) is 252. The second-order valence-corrected chi connectivity index (χ2v) is 31.4. The number of hydrogen-bond acceptors (Lipinski definition) is 21. The first-order chi connectivity index (χ1) is 56.2. The van der Waals surface area contributed by atoms with Gasteiger partial charge in [0.05, 0.1) is 12.6 Å². The van der Waals surface area contributed by atoms with E-state index in [9.17, 15) is 91.4 Å².